The molecule has 2 heteroatoms. The van der Waals surface area contributed by atoms with Crippen molar-refractivity contribution in [1.29, 1.82) is 0 Å². The molecule has 0 bridgehead atoms. The highest BCUT2D eigenvalue weighted by Crippen LogP contribution is 2.23. The van der Waals surface area contributed by atoms with Crippen LogP contribution in [0.2, 0.25) is 0 Å². The highest BCUT2D eigenvalue weighted by atomic mass is 16.3. The van der Waals surface area contributed by atoms with E-state index in [2.05, 4.69) is 49.5 Å². The summed E-state index contributed by atoms with van der Waals surface area (Å²) in [5.41, 5.74) is 1.48. The fourth-order valence-corrected chi connectivity index (χ4v) is 2.78. The van der Waals surface area contributed by atoms with Crippen LogP contribution in [0, 0.1) is 0 Å². The standard InChI is InChI=1S/C16H25NO/c1-16(2,17-14-9-6-10-15(14)18)12-11-13-7-4-3-5-8-13/h3-5,7-8,14-15,17-18H,6,9-12H2,1-2H3. The monoisotopic (exact) mass is 247 g/mol. The Bertz CT molecular complexity index is 361. The molecule has 1 aromatic carbocycles. The Kier molecular flexibility index (Phi) is 4.41. The summed E-state index contributed by atoms with van der Waals surface area (Å²) in [6.07, 6.45) is 5.24. The third kappa shape index (κ3) is 3.82. The molecule has 1 aromatic rings. The summed E-state index contributed by atoms with van der Waals surface area (Å²) < 4.78 is 0. The van der Waals surface area contributed by atoms with Gasteiger partial charge in [0, 0.05) is 11.6 Å². The van der Waals surface area contributed by atoms with E-state index in [0.29, 0.717) is 0 Å². The quantitative estimate of drug-likeness (QED) is 0.838. The van der Waals surface area contributed by atoms with Gasteiger partial charge >= 0.3 is 0 Å². The van der Waals surface area contributed by atoms with Gasteiger partial charge in [0.05, 0.1) is 6.10 Å². The van der Waals surface area contributed by atoms with E-state index in [0.717, 1.165) is 32.1 Å². The van der Waals surface area contributed by atoms with Crippen LogP contribution in [0.25, 0.3) is 0 Å². The van der Waals surface area contributed by atoms with Crippen molar-refractivity contribution in [2.75, 3.05) is 0 Å². The highest BCUT2D eigenvalue weighted by Gasteiger charge is 2.30. The van der Waals surface area contributed by atoms with Crippen molar-refractivity contribution in [3.05, 3.63) is 35.9 Å². The van der Waals surface area contributed by atoms with Gasteiger partial charge in [0.2, 0.25) is 0 Å². The van der Waals surface area contributed by atoms with Crippen LogP contribution in [0.1, 0.15) is 45.1 Å². The SMILES string of the molecule is CC(C)(CCc1ccccc1)NC1CCCC1O. The number of benzene rings is 1. The number of rotatable bonds is 5. The van der Waals surface area contributed by atoms with Crippen LogP contribution in [0.15, 0.2) is 30.3 Å². The molecule has 2 rings (SSSR count). The van der Waals surface area contributed by atoms with Gasteiger partial charge in [-0.05, 0) is 51.5 Å². The lowest BCUT2D eigenvalue weighted by Crippen LogP contribution is -2.49. The first-order valence-electron chi connectivity index (χ1n) is 7.06. The van der Waals surface area contributed by atoms with Crippen molar-refractivity contribution >= 4 is 0 Å². The zero-order chi connectivity index (χ0) is 13.0. The van der Waals surface area contributed by atoms with Gasteiger partial charge in [0.15, 0.2) is 0 Å². The lowest BCUT2D eigenvalue weighted by molar-refractivity contribution is 0.130. The number of aryl methyl sites for hydroxylation is 1. The molecule has 2 nitrogen and oxygen atoms in total. The molecule has 1 fully saturated rings. The molecule has 1 saturated carbocycles. The Morgan fingerprint density at radius 2 is 1.94 bits per heavy atom. The molecule has 0 saturated heterocycles. The van der Waals surface area contributed by atoms with E-state index in [1.165, 1.54) is 5.56 Å². The van der Waals surface area contributed by atoms with Crippen LogP contribution in [0.4, 0.5) is 0 Å². The van der Waals surface area contributed by atoms with Crippen LogP contribution >= 0.6 is 0 Å². The van der Waals surface area contributed by atoms with Gasteiger partial charge in [-0.25, -0.2) is 0 Å². The Balaban J connectivity index is 1.83. The summed E-state index contributed by atoms with van der Waals surface area (Å²) >= 11 is 0. The molecule has 18 heavy (non-hydrogen) atoms. The lowest BCUT2D eigenvalue weighted by Gasteiger charge is -2.31. The summed E-state index contributed by atoms with van der Waals surface area (Å²) in [5.74, 6) is 0. The van der Waals surface area contributed by atoms with E-state index in [4.69, 9.17) is 0 Å². The van der Waals surface area contributed by atoms with E-state index in [1.807, 2.05) is 0 Å². The average Bonchev–Trinajstić information content (AvgIpc) is 2.73. The zero-order valence-electron chi connectivity index (χ0n) is 11.5. The molecule has 0 heterocycles. The van der Waals surface area contributed by atoms with Gasteiger partial charge in [-0.3, -0.25) is 0 Å². The van der Waals surface area contributed by atoms with Crippen LogP contribution in [0.3, 0.4) is 0 Å². The van der Waals surface area contributed by atoms with Gasteiger partial charge in [-0.1, -0.05) is 30.3 Å². The lowest BCUT2D eigenvalue weighted by atomic mass is 9.94. The van der Waals surface area contributed by atoms with E-state index in [1.54, 1.807) is 0 Å². The Hall–Kier alpha value is -0.860. The Morgan fingerprint density at radius 3 is 2.56 bits per heavy atom. The van der Waals surface area contributed by atoms with Crippen molar-refractivity contribution in [1.82, 2.24) is 5.32 Å². The minimum absolute atomic E-state index is 0.0891. The van der Waals surface area contributed by atoms with Gasteiger partial charge < -0.3 is 10.4 Å². The van der Waals surface area contributed by atoms with Gasteiger partial charge in [-0.15, -0.1) is 0 Å². The molecule has 0 amide bonds. The zero-order valence-corrected chi connectivity index (χ0v) is 11.5. The predicted octanol–water partition coefficient (Wildman–Crippen LogP) is 2.90. The third-order valence-corrected chi connectivity index (χ3v) is 3.94. The third-order valence-electron chi connectivity index (χ3n) is 3.94. The second-order valence-electron chi connectivity index (χ2n) is 6.12. The predicted molar refractivity (Wildman–Crippen MR) is 75.6 cm³/mol. The summed E-state index contributed by atoms with van der Waals surface area (Å²) in [5, 5.41) is 13.5. The summed E-state index contributed by atoms with van der Waals surface area (Å²) in [4.78, 5) is 0. The molecular formula is C16H25NO. The fourth-order valence-electron chi connectivity index (χ4n) is 2.78. The van der Waals surface area contributed by atoms with Gasteiger partial charge in [0.1, 0.15) is 0 Å². The van der Waals surface area contributed by atoms with Crippen molar-refractivity contribution in [2.45, 2.75) is 63.6 Å². The van der Waals surface area contributed by atoms with Crippen LogP contribution in [-0.2, 0) is 6.42 Å². The van der Waals surface area contributed by atoms with Crippen molar-refractivity contribution in [3.63, 3.8) is 0 Å². The fraction of sp³-hybridized carbons (Fsp3) is 0.625. The molecule has 1 aliphatic carbocycles. The van der Waals surface area contributed by atoms with Crippen LogP contribution in [-0.4, -0.2) is 22.8 Å². The van der Waals surface area contributed by atoms with E-state index in [9.17, 15) is 5.11 Å². The smallest absolute Gasteiger partial charge is 0.0693 e. The molecule has 2 atom stereocenters. The van der Waals surface area contributed by atoms with Crippen LogP contribution in [0.5, 0.6) is 0 Å². The normalized spacial score (nSPS) is 24.4. The maximum Gasteiger partial charge on any atom is 0.0693 e. The molecule has 0 aliphatic heterocycles. The maximum atomic E-state index is 9.88. The summed E-state index contributed by atoms with van der Waals surface area (Å²) in [7, 11) is 0. The van der Waals surface area contributed by atoms with Gasteiger partial charge in [-0.2, -0.15) is 0 Å². The number of aliphatic hydroxyl groups excluding tert-OH is 1. The largest absolute Gasteiger partial charge is 0.392 e. The Morgan fingerprint density at radius 1 is 1.22 bits per heavy atom. The molecule has 0 aromatic heterocycles. The maximum absolute atomic E-state index is 9.88. The molecule has 1 aliphatic rings. The average molecular weight is 247 g/mol. The minimum Gasteiger partial charge on any atom is -0.392 e. The Labute approximate surface area is 110 Å². The summed E-state index contributed by atoms with van der Waals surface area (Å²) in [6.45, 7) is 4.47. The van der Waals surface area contributed by atoms with E-state index >= 15 is 0 Å². The molecule has 0 spiro atoms. The molecule has 100 valence electrons. The number of aliphatic hydroxyl groups is 1. The first-order valence-corrected chi connectivity index (χ1v) is 7.06. The highest BCUT2D eigenvalue weighted by molar-refractivity contribution is 5.15. The van der Waals surface area contributed by atoms with Crippen LogP contribution < -0.4 is 5.32 Å². The minimum atomic E-state index is -0.152. The van der Waals surface area contributed by atoms with E-state index in [-0.39, 0.29) is 17.7 Å². The molecule has 2 unspecified atom stereocenters. The second-order valence-corrected chi connectivity index (χ2v) is 6.12. The molecule has 0 radical (unpaired) electrons. The number of nitrogens with one attached hydrogen (secondary N) is 1. The number of hydrogen-bond donors (Lipinski definition) is 2. The first-order chi connectivity index (χ1) is 8.57. The van der Waals surface area contributed by atoms with Gasteiger partial charge in [0.25, 0.3) is 0 Å². The molecular weight excluding hydrogens is 222 g/mol. The van der Waals surface area contributed by atoms with Crippen molar-refractivity contribution < 1.29 is 5.11 Å². The molecule has 2 N–H and O–H groups in total. The second kappa shape index (κ2) is 5.85. The number of hydrogen-bond acceptors (Lipinski definition) is 2. The first kappa shape index (κ1) is 13.6. The van der Waals surface area contributed by atoms with Crippen molar-refractivity contribution in [2.24, 2.45) is 0 Å². The van der Waals surface area contributed by atoms with E-state index < -0.39 is 0 Å². The van der Waals surface area contributed by atoms with Crippen molar-refractivity contribution in [3.8, 4) is 0 Å². The topological polar surface area (TPSA) is 32.3 Å². The summed E-state index contributed by atoms with van der Waals surface area (Å²) in [6, 6.07) is 10.9.